The van der Waals surface area contributed by atoms with Crippen molar-refractivity contribution in [2.75, 3.05) is 31.7 Å². The van der Waals surface area contributed by atoms with Crippen LogP contribution in [-0.2, 0) is 22.1 Å². The Bertz CT molecular complexity index is 561. The lowest BCUT2D eigenvalue weighted by molar-refractivity contribution is -0.131. The van der Waals surface area contributed by atoms with Crippen LogP contribution in [0.25, 0.3) is 6.08 Å². The van der Waals surface area contributed by atoms with Gasteiger partial charge in [-0.3, -0.25) is 9.11 Å². The smallest absolute Gasteiger partial charge is 0.328 e. The van der Waals surface area contributed by atoms with E-state index in [9.17, 15) is 9.00 Å². The first-order valence-corrected chi connectivity index (χ1v) is 8.22. The molecular formula is C15H19NO4S. The van der Waals surface area contributed by atoms with Crippen molar-refractivity contribution in [1.29, 1.82) is 0 Å². The zero-order chi connectivity index (χ0) is 15.2. The van der Waals surface area contributed by atoms with Crippen LogP contribution in [0.2, 0.25) is 0 Å². The average molecular weight is 309 g/mol. The van der Waals surface area contributed by atoms with Crippen LogP contribution in [0.3, 0.4) is 0 Å². The Morgan fingerprint density at radius 3 is 2.76 bits per heavy atom. The third kappa shape index (κ3) is 4.68. The fourth-order valence-corrected chi connectivity index (χ4v) is 3.39. The van der Waals surface area contributed by atoms with Gasteiger partial charge in [-0.1, -0.05) is 6.07 Å². The monoisotopic (exact) mass is 309 g/mol. The molecule has 0 spiro atoms. The van der Waals surface area contributed by atoms with Crippen LogP contribution in [0.4, 0.5) is 0 Å². The molecule has 1 aliphatic rings. The number of benzene rings is 1. The number of hydrogen-bond acceptors (Lipinski definition) is 4. The second kappa shape index (κ2) is 7.38. The minimum absolute atomic E-state index is 0.649. The number of carboxylic acids is 1. The van der Waals surface area contributed by atoms with Gasteiger partial charge in [0.1, 0.15) is 5.75 Å². The van der Waals surface area contributed by atoms with E-state index in [1.54, 1.807) is 7.11 Å². The normalized spacial score (nSPS) is 17.2. The van der Waals surface area contributed by atoms with E-state index in [1.165, 1.54) is 6.08 Å². The van der Waals surface area contributed by atoms with E-state index in [0.717, 1.165) is 48.3 Å². The second-order valence-corrected chi connectivity index (χ2v) is 6.57. The first kappa shape index (κ1) is 15.7. The summed E-state index contributed by atoms with van der Waals surface area (Å²) >= 11 is 0. The maximum atomic E-state index is 11.4. The van der Waals surface area contributed by atoms with Gasteiger partial charge >= 0.3 is 5.97 Å². The molecule has 0 aliphatic carbocycles. The molecule has 1 aliphatic heterocycles. The van der Waals surface area contributed by atoms with Crippen molar-refractivity contribution in [3.8, 4) is 5.75 Å². The van der Waals surface area contributed by atoms with Crippen molar-refractivity contribution < 1.29 is 18.8 Å². The van der Waals surface area contributed by atoms with Crippen LogP contribution in [0.5, 0.6) is 5.75 Å². The van der Waals surface area contributed by atoms with Gasteiger partial charge in [0.15, 0.2) is 0 Å². The van der Waals surface area contributed by atoms with Crippen LogP contribution in [0.15, 0.2) is 24.3 Å². The molecule has 0 aromatic heterocycles. The number of ether oxygens (including phenoxy) is 1. The van der Waals surface area contributed by atoms with Gasteiger partial charge in [0, 0.05) is 53.6 Å². The van der Waals surface area contributed by atoms with E-state index in [2.05, 4.69) is 4.90 Å². The summed E-state index contributed by atoms with van der Waals surface area (Å²) < 4.78 is 16.6. The standard InChI is InChI=1S/C15H19NO4S/c1-20-14-4-2-12(10-13(14)3-5-15(17)18)11-16-6-8-21(19)9-7-16/h2-5,10H,6-9,11H2,1H3,(H,17,18). The van der Waals surface area contributed by atoms with Crippen LogP contribution in [0, 0.1) is 0 Å². The van der Waals surface area contributed by atoms with Gasteiger partial charge < -0.3 is 9.84 Å². The van der Waals surface area contributed by atoms with E-state index >= 15 is 0 Å². The summed E-state index contributed by atoms with van der Waals surface area (Å²) in [7, 11) is 0.888. The van der Waals surface area contributed by atoms with Gasteiger partial charge in [0.05, 0.1) is 7.11 Å². The molecule has 2 rings (SSSR count). The SMILES string of the molecule is COc1ccc(CN2CCS(=O)CC2)cc1C=CC(=O)O. The number of aliphatic carboxylic acids is 1. The molecule has 0 unspecified atom stereocenters. The topological polar surface area (TPSA) is 66.8 Å². The fraction of sp³-hybridized carbons (Fsp3) is 0.400. The maximum Gasteiger partial charge on any atom is 0.328 e. The third-order valence-corrected chi connectivity index (χ3v) is 4.65. The molecule has 1 aromatic rings. The van der Waals surface area contributed by atoms with Crippen LogP contribution in [0.1, 0.15) is 11.1 Å². The van der Waals surface area contributed by atoms with Crippen molar-refractivity contribution in [1.82, 2.24) is 4.90 Å². The van der Waals surface area contributed by atoms with Crippen LogP contribution >= 0.6 is 0 Å². The molecule has 1 heterocycles. The van der Waals surface area contributed by atoms with Crippen LogP contribution < -0.4 is 4.74 Å². The van der Waals surface area contributed by atoms with E-state index < -0.39 is 16.8 Å². The van der Waals surface area contributed by atoms with E-state index in [0.29, 0.717) is 5.75 Å². The van der Waals surface area contributed by atoms with Gasteiger partial charge in [0.2, 0.25) is 0 Å². The lowest BCUT2D eigenvalue weighted by atomic mass is 10.1. The largest absolute Gasteiger partial charge is 0.496 e. The Kier molecular flexibility index (Phi) is 5.52. The van der Waals surface area contributed by atoms with Crippen molar-refractivity contribution in [3.63, 3.8) is 0 Å². The summed E-state index contributed by atoms with van der Waals surface area (Å²) in [5.74, 6) is 1.11. The van der Waals surface area contributed by atoms with Crippen molar-refractivity contribution in [2.45, 2.75) is 6.54 Å². The van der Waals surface area contributed by atoms with E-state index in [-0.39, 0.29) is 0 Å². The molecule has 0 saturated carbocycles. The van der Waals surface area contributed by atoms with Crippen molar-refractivity contribution in [2.24, 2.45) is 0 Å². The lowest BCUT2D eigenvalue weighted by Crippen LogP contribution is -2.37. The molecule has 0 radical (unpaired) electrons. The first-order valence-electron chi connectivity index (χ1n) is 6.74. The van der Waals surface area contributed by atoms with Gasteiger partial charge in [-0.15, -0.1) is 0 Å². The summed E-state index contributed by atoms with van der Waals surface area (Å²) in [6.45, 7) is 2.44. The van der Waals surface area contributed by atoms with Gasteiger partial charge in [0.25, 0.3) is 0 Å². The van der Waals surface area contributed by atoms with Gasteiger partial charge in [-0.2, -0.15) is 0 Å². The van der Waals surface area contributed by atoms with Gasteiger partial charge in [-0.05, 0) is 23.8 Å². The van der Waals surface area contributed by atoms with Crippen molar-refractivity contribution in [3.05, 3.63) is 35.4 Å². The Morgan fingerprint density at radius 2 is 2.14 bits per heavy atom. The predicted octanol–water partition coefficient (Wildman–Crippen LogP) is 1.36. The lowest BCUT2D eigenvalue weighted by Gasteiger charge is -2.26. The molecular weight excluding hydrogens is 290 g/mol. The molecule has 1 fully saturated rings. The highest BCUT2D eigenvalue weighted by molar-refractivity contribution is 7.85. The summed E-state index contributed by atoms with van der Waals surface area (Å²) in [6.07, 6.45) is 2.64. The number of methoxy groups -OCH3 is 1. The second-order valence-electron chi connectivity index (χ2n) is 4.87. The molecule has 1 aromatic carbocycles. The minimum atomic E-state index is -0.985. The summed E-state index contributed by atoms with van der Waals surface area (Å²) in [6, 6.07) is 5.76. The molecule has 6 heteroatoms. The van der Waals surface area contributed by atoms with Crippen molar-refractivity contribution >= 4 is 22.8 Å². The zero-order valence-corrected chi connectivity index (χ0v) is 12.8. The Balaban J connectivity index is 2.11. The number of carboxylic acid groups (broad SMARTS) is 1. The summed E-state index contributed by atoms with van der Waals surface area (Å²) in [5, 5.41) is 8.73. The molecule has 0 atom stereocenters. The number of hydrogen-bond donors (Lipinski definition) is 1. The average Bonchev–Trinajstić information content (AvgIpc) is 2.47. The molecule has 21 heavy (non-hydrogen) atoms. The summed E-state index contributed by atoms with van der Waals surface area (Å²) in [5.41, 5.74) is 1.84. The minimum Gasteiger partial charge on any atom is -0.496 e. The Labute approximate surface area is 126 Å². The molecule has 114 valence electrons. The summed E-state index contributed by atoms with van der Waals surface area (Å²) in [4.78, 5) is 12.9. The highest BCUT2D eigenvalue weighted by Gasteiger charge is 2.15. The highest BCUT2D eigenvalue weighted by atomic mass is 32.2. The molecule has 1 saturated heterocycles. The van der Waals surface area contributed by atoms with E-state index in [1.807, 2.05) is 18.2 Å². The Hall–Kier alpha value is -1.66. The molecule has 5 nitrogen and oxygen atoms in total. The molecule has 1 N–H and O–H groups in total. The number of nitrogens with zero attached hydrogens (tertiary/aromatic N) is 1. The predicted molar refractivity (Wildman–Crippen MR) is 82.8 cm³/mol. The maximum absolute atomic E-state index is 11.4. The molecule has 0 amide bonds. The highest BCUT2D eigenvalue weighted by Crippen LogP contribution is 2.22. The Morgan fingerprint density at radius 1 is 1.43 bits per heavy atom. The molecule has 0 bridgehead atoms. The number of carbonyl (C=O) groups is 1. The van der Waals surface area contributed by atoms with Crippen LogP contribution in [-0.4, -0.2) is 51.9 Å². The zero-order valence-electron chi connectivity index (χ0n) is 11.9. The van der Waals surface area contributed by atoms with Gasteiger partial charge in [-0.25, -0.2) is 4.79 Å². The van der Waals surface area contributed by atoms with E-state index in [4.69, 9.17) is 9.84 Å². The number of rotatable bonds is 5. The quantitative estimate of drug-likeness (QED) is 0.832. The fourth-order valence-electron chi connectivity index (χ4n) is 2.27. The third-order valence-electron chi connectivity index (χ3n) is 3.38. The first-order chi connectivity index (χ1) is 10.1.